The summed E-state index contributed by atoms with van der Waals surface area (Å²) in [6, 6.07) is 7.61. The van der Waals surface area contributed by atoms with Crippen LogP contribution in [0.5, 0.6) is 11.8 Å². The zero-order valence-corrected chi connectivity index (χ0v) is 13.6. The number of anilines is 1. The number of tetrazole rings is 1. The Morgan fingerprint density at radius 2 is 1.84 bits per heavy atom. The fraction of sp³-hybridized carbons (Fsp3) is 0.400. The van der Waals surface area contributed by atoms with Gasteiger partial charge in [0.25, 0.3) is 0 Å². The number of benzene rings is 1. The fourth-order valence-electron chi connectivity index (χ4n) is 3.46. The largest absolute Gasteiger partial charge is 0.422 e. The van der Waals surface area contributed by atoms with Gasteiger partial charge in [-0.25, -0.2) is 4.99 Å². The van der Waals surface area contributed by atoms with E-state index in [0.717, 1.165) is 31.4 Å². The molecule has 2 aliphatic rings. The van der Waals surface area contributed by atoms with Crippen molar-refractivity contribution in [3.05, 3.63) is 24.3 Å². The molecule has 130 valence electrons. The van der Waals surface area contributed by atoms with Crippen molar-refractivity contribution in [2.75, 3.05) is 4.90 Å². The Balaban J connectivity index is 1.63. The summed E-state index contributed by atoms with van der Waals surface area (Å²) in [5, 5.41) is 13.3. The molecule has 1 fully saturated rings. The van der Waals surface area contributed by atoms with Crippen molar-refractivity contribution in [3.63, 3.8) is 0 Å². The lowest BCUT2D eigenvalue weighted by Crippen LogP contribution is -2.58. The maximum absolute atomic E-state index is 6.21. The second-order valence-electron chi connectivity index (χ2n) is 6.11. The Morgan fingerprint density at radius 3 is 2.52 bits per heavy atom. The van der Waals surface area contributed by atoms with Crippen LogP contribution >= 0.6 is 0 Å². The summed E-state index contributed by atoms with van der Waals surface area (Å²) < 4.78 is 5.50. The molecule has 0 bridgehead atoms. The van der Waals surface area contributed by atoms with Crippen LogP contribution in [0.15, 0.2) is 34.3 Å². The topological polar surface area (TPSA) is 144 Å². The van der Waals surface area contributed by atoms with Gasteiger partial charge >= 0.3 is 6.01 Å². The van der Waals surface area contributed by atoms with Gasteiger partial charge in [0.05, 0.1) is 0 Å². The summed E-state index contributed by atoms with van der Waals surface area (Å²) in [7, 11) is 0. The van der Waals surface area contributed by atoms with Crippen LogP contribution in [0, 0.1) is 0 Å². The molecule has 10 heteroatoms. The molecule has 1 aliphatic heterocycles. The van der Waals surface area contributed by atoms with E-state index in [4.69, 9.17) is 16.2 Å². The average Bonchev–Trinajstić information content (AvgIpc) is 3.09. The highest BCUT2D eigenvalue weighted by Gasteiger charge is 2.42. The van der Waals surface area contributed by atoms with Crippen LogP contribution in [0.4, 0.5) is 5.69 Å². The number of H-pyrrole nitrogens is 1. The lowest BCUT2D eigenvalue weighted by Gasteiger charge is -2.45. The van der Waals surface area contributed by atoms with Crippen LogP contribution in [-0.2, 0) is 0 Å². The number of ether oxygens (including phenoxy) is 1. The fourth-order valence-corrected chi connectivity index (χ4v) is 3.46. The zero-order chi connectivity index (χ0) is 17.3. The molecule has 1 saturated carbocycles. The third kappa shape index (κ3) is 2.86. The van der Waals surface area contributed by atoms with Crippen LogP contribution in [-0.4, -0.2) is 38.2 Å². The summed E-state index contributed by atoms with van der Waals surface area (Å²) >= 11 is 0. The van der Waals surface area contributed by atoms with E-state index in [1.54, 1.807) is 0 Å². The van der Waals surface area contributed by atoms with Crippen LogP contribution < -0.4 is 21.1 Å². The minimum absolute atomic E-state index is 0.160. The molecule has 0 amide bonds. The number of aromatic amines is 1. The monoisotopic (exact) mass is 341 g/mol. The van der Waals surface area contributed by atoms with E-state index in [-0.39, 0.29) is 12.0 Å². The number of nitrogens with zero attached hydrogens (tertiary/aromatic N) is 6. The van der Waals surface area contributed by atoms with E-state index in [1.807, 2.05) is 29.2 Å². The molecule has 2 aromatic rings. The molecule has 10 nitrogen and oxygen atoms in total. The van der Waals surface area contributed by atoms with Crippen molar-refractivity contribution < 1.29 is 4.74 Å². The van der Waals surface area contributed by atoms with Crippen molar-refractivity contribution in [3.8, 4) is 11.8 Å². The zero-order valence-electron chi connectivity index (χ0n) is 13.6. The van der Waals surface area contributed by atoms with Crippen molar-refractivity contribution in [2.24, 2.45) is 21.5 Å². The van der Waals surface area contributed by atoms with Gasteiger partial charge in [-0.1, -0.05) is 16.6 Å². The number of rotatable bonds is 3. The average molecular weight is 341 g/mol. The maximum Gasteiger partial charge on any atom is 0.361 e. The number of nitrogens with two attached hydrogens (primary N) is 2. The SMILES string of the molecule is NC1=NC2(CCCCC2)N(c2ccc(Oc3nn[nH]n3)cc2)C(N)=N1. The first-order valence-electron chi connectivity index (χ1n) is 8.17. The van der Waals surface area contributed by atoms with E-state index >= 15 is 0 Å². The summed E-state index contributed by atoms with van der Waals surface area (Å²) in [6.07, 6.45) is 5.15. The predicted octanol–water partition coefficient (Wildman–Crippen LogP) is 1.10. The highest BCUT2D eigenvalue weighted by atomic mass is 16.5. The quantitative estimate of drug-likeness (QED) is 0.758. The second kappa shape index (κ2) is 6.04. The van der Waals surface area contributed by atoms with Crippen LogP contribution in [0.1, 0.15) is 32.1 Å². The van der Waals surface area contributed by atoms with Gasteiger partial charge < -0.3 is 16.2 Å². The molecule has 0 atom stereocenters. The lowest BCUT2D eigenvalue weighted by atomic mass is 9.87. The normalized spacial score (nSPS) is 19.4. The number of aromatic nitrogens is 4. The van der Waals surface area contributed by atoms with Crippen LogP contribution in [0.3, 0.4) is 0 Å². The summed E-state index contributed by atoms with van der Waals surface area (Å²) in [5.74, 6) is 1.20. The summed E-state index contributed by atoms with van der Waals surface area (Å²) in [6.45, 7) is 0. The first-order valence-corrected chi connectivity index (χ1v) is 8.17. The van der Waals surface area contributed by atoms with Gasteiger partial charge in [-0.05, 0) is 55.2 Å². The standard InChI is InChI=1S/C15H19N9O/c16-12-18-13(17)24(15(19-12)8-2-1-3-9-15)10-4-6-11(7-5-10)25-14-20-22-23-21-14/h4-7H,1-3,8-9H2,(H4,16,17,18,19)(H,20,21,22,23). The second-order valence-corrected chi connectivity index (χ2v) is 6.11. The molecular weight excluding hydrogens is 322 g/mol. The van der Waals surface area contributed by atoms with Gasteiger partial charge in [0, 0.05) is 5.69 Å². The molecule has 25 heavy (non-hydrogen) atoms. The molecule has 4 rings (SSSR count). The van der Waals surface area contributed by atoms with Crippen molar-refractivity contribution in [1.29, 1.82) is 0 Å². The highest BCUT2D eigenvalue weighted by molar-refractivity contribution is 6.05. The third-order valence-electron chi connectivity index (χ3n) is 4.48. The molecular formula is C15H19N9O. The summed E-state index contributed by atoms with van der Waals surface area (Å²) in [5.41, 5.74) is 12.5. The maximum atomic E-state index is 6.21. The number of aliphatic imine (C=N–C) groups is 2. The number of hydrogen-bond donors (Lipinski definition) is 3. The lowest BCUT2D eigenvalue weighted by molar-refractivity contribution is 0.305. The Labute approximate surface area is 144 Å². The third-order valence-corrected chi connectivity index (χ3v) is 4.48. The molecule has 1 aromatic heterocycles. The predicted molar refractivity (Wildman–Crippen MR) is 92.2 cm³/mol. The molecule has 0 unspecified atom stereocenters. The van der Waals surface area contributed by atoms with Gasteiger partial charge in [-0.3, -0.25) is 4.90 Å². The molecule has 5 N–H and O–H groups in total. The van der Waals surface area contributed by atoms with E-state index < -0.39 is 5.66 Å². The molecule has 2 heterocycles. The van der Waals surface area contributed by atoms with Crippen LogP contribution in [0.25, 0.3) is 0 Å². The van der Waals surface area contributed by atoms with Gasteiger partial charge in [0.1, 0.15) is 11.4 Å². The minimum atomic E-state index is -0.454. The van der Waals surface area contributed by atoms with Gasteiger partial charge in [0.15, 0.2) is 0 Å². The van der Waals surface area contributed by atoms with Gasteiger partial charge in [-0.2, -0.15) is 10.2 Å². The first kappa shape index (κ1) is 15.4. The molecule has 1 aromatic carbocycles. The number of nitrogens with one attached hydrogen (secondary N) is 1. The summed E-state index contributed by atoms with van der Waals surface area (Å²) in [4.78, 5) is 10.8. The Kier molecular flexibility index (Phi) is 3.71. The molecule has 1 spiro atoms. The smallest absolute Gasteiger partial charge is 0.361 e. The van der Waals surface area contributed by atoms with E-state index in [1.165, 1.54) is 6.42 Å². The number of hydrogen-bond acceptors (Lipinski definition) is 9. The van der Waals surface area contributed by atoms with E-state index in [9.17, 15) is 0 Å². The Morgan fingerprint density at radius 1 is 1.08 bits per heavy atom. The van der Waals surface area contributed by atoms with Crippen LogP contribution in [0.2, 0.25) is 0 Å². The molecule has 0 saturated heterocycles. The van der Waals surface area contributed by atoms with Gasteiger partial charge in [0.2, 0.25) is 11.9 Å². The van der Waals surface area contributed by atoms with Crippen molar-refractivity contribution in [2.45, 2.75) is 37.8 Å². The highest BCUT2D eigenvalue weighted by Crippen LogP contribution is 2.39. The number of guanidine groups is 2. The van der Waals surface area contributed by atoms with E-state index in [0.29, 0.717) is 11.7 Å². The van der Waals surface area contributed by atoms with Crippen molar-refractivity contribution in [1.82, 2.24) is 20.6 Å². The first-order chi connectivity index (χ1) is 12.2. The Bertz CT molecular complexity index is 791. The Hall–Kier alpha value is -3.17. The molecule has 0 radical (unpaired) electrons. The minimum Gasteiger partial charge on any atom is -0.422 e. The molecule has 1 aliphatic carbocycles. The van der Waals surface area contributed by atoms with E-state index in [2.05, 4.69) is 30.6 Å². The van der Waals surface area contributed by atoms with Crippen molar-refractivity contribution >= 4 is 17.6 Å². The van der Waals surface area contributed by atoms with Gasteiger partial charge in [-0.15, -0.1) is 0 Å².